The standard InChI is InChI=1S/C21H29N3O3/c1-14(2)20(25)23-11-16(12-23)21(26)24-13-15(8-9-22(3)4)18-7-6-17(27-5)10-19(18)24/h6-7,10,13-14,16H,8-9,11-12H2,1-5H3. The van der Waals surface area contributed by atoms with Gasteiger partial charge in [-0.3, -0.25) is 14.2 Å². The molecule has 0 bridgehead atoms. The fourth-order valence-corrected chi connectivity index (χ4v) is 3.51. The van der Waals surface area contributed by atoms with E-state index in [9.17, 15) is 9.59 Å². The molecule has 0 atom stereocenters. The summed E-state index contributed by atoms with van der Waals surface area (Å²) in [5.74, 6) is 0.729. The number of methoxy groups -OCH3 is 1. The van der Waals surface area contributed by atoms with Crippen molar-refractivity contribution < 1.29 is 14.3 Å². The Labute approximate surface area is 160 Å². The van der Waals surface area contributed by atoms with Crippen molar-refractivity contribution in [1.29, 1.82) is 0 Å². The van der Waals surface area contributed by atoms with Gasteiger partial charge in [-0.2, -0.15) is 0 Å². The first-order valence-corrected chi connectivity index (χ1v) is 9.47. The number of likely N-dealkylation sites (tertiary alicyclic amines) is 1. The molecule has 0 aliphatic carbocycles. The third-order valence-electron chi connectivity index (χ3n) is 5.20. The zero-order valence-electron chi connectivity index (χ0n) is 16.9. The summed E-state index contributed by atoms with van der Waals surface area (Å²) >= 11 is 0. The van der Waals surface area contributed by atoms with Crippen LogP contribution in [0.4, 0.5) is 0 Å². The highest BCUT2D eigenvalue weighted by Crippen LogP contribution is 2.29. The van der Waals surface area contributed by atoms with E-state index in [1.165, 1.54) is 0 Å². The molecule has 146 valence electrons. The zero-order chi connectivity index (χ0) is 19.7. The maximum atomic E-state index is 13.1. The van der Waals surface area contributed by atoms with Crippen LogP contribution >= 0.6 is 0 Å². The second kappa shape index (κ2) is 7.72. The Kier molecular flexibility index (Phi) is 5.56. The van der Waals surface area contributed by atoms with E-state index >= 15 is 0 Å². The molecule has 27 heavy (non-hydrogen) atoms. The van der Waals surface area contributed by atoms with Crippen molar-refractivity contribution in [3.05, 3.63) is 30.0 Å². The van der Waals surface area contributed by atoms with Crippen molar-refractivity contribution in [2.45, 2.75) is 20.3 Å². The van der Waals surface area contributed by atoms with Crippen LogP contribution in [0.3, 0.4) is 0 Å². The number of carbonyl (C=O) groups excluding carboxylic acids is 2. The lowest BCUT2D eigenvalue weighted by Gasteiger charge is -2.39. The van der Waals surface area contributed by atoms with Crippen LogP contribution in [0, 0.1) is 11.8 Å². The quantitative estimate of drug-likeness (QED) is 0.783. The van der Waals surface area contributed by atoms with Gasteiger partial charge in [-0.25, -0.2) is 0 Å². The molecule has 6 nitrogen and oxygen atoms in total. The summed E-state index contributed by atoms with van der Waals surface area (Å²) in [6.45, 7) is 5.71. The minimum Gasteiger partial charge on any atom is -0.497 e. The molecule has 3 rings (SSSR count). The summed E-state index contributed by atoms with van der Waals surface area (Å²) in [4.78, 5) is 29.1. The monoisotopic (exact) mass is 371 g/mol. The molecule has 2 aromatic rings. The van der Waals surface area contributed by atoms with Crippen molar-refractivity contribution in [2.75, 3.05) is 40.8 Å². The molecule has 0 unspecified atom stereocenters. The van der Waals surface area contributed by atoms with Crippen molar-refractivity contribution >= 4 is 22.7 Å². The highest BCUT2D eigenvalue weighted by atomic mass is 16.5. The Bertz CT molecular complexity index is 848. The molecule has 0 spiro atoms. The molecule has 0 radical (unpaired) electrons. The fraction of sp³-hybridized carbons (Fsp3) is 0.524. The Balaban J connectivity index is 1.86. The topological polar surface area (TPSA) is 54.8 Å². The molecule has 1 aliphatic rings. The Morgan fingerprint density at radius 3 is 2.56 bits per heavy atom. The predicted molar refractivity (Wildman–Crippen MR) is 106 cm³/mol. The molecule has 0 N–H and O–H groups in total. The maximum absolute atomic E-state index is 13.1. The van der Waals surface area contributed by atoms with Gasteiger partial charge in [0.05, 0.1) is 18.5 Å². The van der Waals surface area contributed by atoms with E-state index in [0.29, 0.717) is 13.1 Å². The van der Waals surface area contributed by atoms with Gasteiger partial charge in [0, 0.05) is 43.2 Å². The van der Waals surface area contributed by atoms with Crippen LogP contribution in [0.2, 0.25) is 0 Å². The summed E-state index contributed by atoms with van der Waals surface area (Å²) < 4.78 is 7.11. The molecule has 2 heterocycles. The SMILES string of the molecule is COc1ccc2c(CCN(C)C)cn(C(=O)C3CN(C(=O)C(C)C)C3)c2c1. The van der Waals surface area contributed by atoms with Crippen LogP contribution < -0.4 is 4.74 Å². The average Bonchev–Trinajstić information content (AvgIpc) is 2.96. The first kappa shape index (κ1) is 19.4. The number of rotatable bonds is 6. The van der Waals surface area contributed by atoms with E-state index in [0.717, 1.165) is 35.2 Å². The lowest BCUT2D eigenvalue weighted by atomic mass is 9.97. The lowest BCUT2D eigenvalue weighted by Crippen LogP contribution is -2.55. The molecule has 1 amide bonds. The van der Waals surface area contributed by atoms with Gasteiger partial charge < -0.3 is 14.5 Å². The van der Waals surface area contributed by atoms with Crippen molar-refractivity contribution in [2.24, 2.45) is 11.8 Å². The number of hydrogen-bond acceptors (Lipinski definition) is 4. The fourth-order valence-electron chi connectivity index (χ4n) is 3.51. The number of aromatic nitrogens is 1. The number of fused-ring (bicyclic) bond motifs is 1. The minimum atomic E-state index is -0.142. The molecule has 1 aliphatic heterocycles. The van der Waals surface area contributed by atoms with E-state index in [2.05, 4.69) is 4.90 Å². The normalized spacial score (nSPS) is 14.9. The van der Waals surface area contributed by atoms with E-state index in [1.54, 1.807) is 16.6 Å². The molecular formula is C21H29N3O3. The van der Waals surface area contributed by atoms with Gasteiger partial charge in [0.2, 0.25) is 11.8 Å². The Hall–Kier alpha value is -2.34. The Morgan fingerprint density at radius 1 is 1.26 bits per heavy atom. The maximum Gasteiger partial charge on any atom is 0.237 e. The number of likely N-dealkylation sites (N-methyl/N-ethyl adjacent to an activating group) is 1. The summed E-state index contributed by atoms with van der Waals surface area (Å²) in [6, 6.07) is 5.88. The number of benzene rings is 1. The highest BCUT2D eigenvalue weighted by Gasteiger charge is 2.37. The molecular weight excluding hydrogens is 342 g/mol. The summed E-state index contributed by atoms with van der Waals surface area (Å²) in [5, 5.41) is 1.08. The number of carbonyl (C=O) groups is 2. The minimum absolute atomic E-state index is 0.0321. The van der Waals surface area contributed by atoms with E-state index in [1.807, 2.05) is 52.3 Å². The van der Waals surface area contributed by atoms with Gasteiger partial charge >= 0.3 is 0 Å². The smallest absolute Gasteiger partial charge is 0.237 e. The number of nitrogens with zero attached hydrogens (tertiary/aromatic N) is 3. The molecule has 1 fully saturated rings. The van der Waals surface area contributed by atoms with Gasteiger partial charge in [0.1, 0.15) is 5.75 Å². The molecule has 0 saturated carbocycles. The van der Waals surface area contributed by atoms with Gasteiger partial charge in [-0.15, -0.1) is 0 Å². The molecule has 1 saturated heterocycles. The van der Waals surface area contributed by atoms with Crippen LogP contribution in [0.25, 0.3) is 10.9 Å². The van der Waals surface area contributed by atoms with Gasteiger partial charge in [0.25, 0.3) is 0 Å². The predicted octanol–water partition coefficient (Wildman–Crippen LogP) is 2.51. The average molecular weight is 371 g/mol. The largest absolute Gasteiger partial charge is 0.497 e. The van der Waals surface area contributed by atoms with E-state index < -0.39 is 0 Å². The first-order chi connectivity index (χ1) is 12.8. The second-order valence-electron chi connectivity index (χ2n) is 7.89. The number of hydrogen-bond donors (Lipinski definition) is 0. The third-order valence-corrected chi connectivity index (χ3v) is 5.20. The lowest BCUT2D eigenvalue weighted by molar-refractivity contribution is -0.139. The Morgan fingerprint density at radius 2 is 1.96 bits per heavy atom. The van der Waals surface area contributed by atoms with Gasteiger partial charge in [0.15, 0.2) is 0 Å². The molecule has 1 aromatic carbocycles. The summed E-state index contributed by atoms with van der Waals surface area (Å²) in [7, 11) is 5.72. The van der Waals surface area contributed by atoms with Crippen LogP contribution in [0.15, 0.2) is 24.4 Å². The van der Waals surface area contributed by atoms with Crippen LogP contribution in [0.1, 0.15) is 24.2 Å². The van der Waals surface area contributed by atoms with Gasteiger partial charge in [-0.05, 0) is 38.2 Å². The second-order valence-corrected chi connectivity index (χ2v) is 7.89. The molecule has 1 aromatic heterocycles. The summed E-state index contributed by atoms with van der Waals surface area (Å²) in [5.41, 5.74) is 2.03. The van der Waals surface area contributed by atoms with Crippen LogP contribution in [0.5, 0.6) is 5.75 Å². The van der Waals surface area contributed by atoms with Gasteiger partial charge in [-0.1, -0.05) is 13.8 Å². The van der Waals surface area contributed by atoms with E-state index in [4.69, 9.17) is 4.74 Å². The van der Waals surface area contributed by atoms with Crippen molar-refractivity contribution in [1.82, 2.24) is 14.4 Å². The van der Waals surface area contributed by atoms with Crippen LogP contribution in [-0.4, -0.2) is 67.0 Å². The number of amides is 1. The molecule has 6 heteroatoms. The summed E-state index contributed by atoms with van der Waals surface area (Å²) in [6.07, 6.45) is 2.83. The van der Waals surface area contributed by atoms with Crippen LogP contribution in [-0.2, 0) is 11.2 Å². The van der Waals surface area contributed by atoms with Crippen molar-refractivity contribution in [3.8, 4) is 5.75 Å². The van der Waals surface area contributed by atoms with E-state index in [-0.39, 0.29) is 23.7 Å². The zero-order valence-corrected chi connectivity index (χ0v) is 16.9. The van der Waals surface area contributed by atoms with Crippen molar-refractivity contribution in [3.63, 3.8) is 0 Å². The highest BCUT2D eigenvalue weighted by molar-refractivity contribution is 5.97. The first-order valence-electron chi connectivity index (χ1n) is 9.47. The third kappa shape index (κ3) is 3.86. The number of ether oxygens (including phenoxy) is 1.